The summed E-state index contributed by atoms with van der Waals surface area (Å²) in [5, 5.41) is 19.8. The molecule has 8 heteroatoms. The van der Waals surface area contributed by atoms with Crippen molar-refractivity contribution in [2.75, 3.05) is 0 Å². The summed E-state index contributed by atoms with van der Waals surface area (Å²) < 4.78 is 3.79. The number of carboxylic acids is 1. The molecule has 1 aromatic carbocycles. The number of aliphatic hydroxyl groups is 1. The van der Waals surface area contributed by atoms with Crippen LogP contribution >= 0.6 is 11.6 Å². The van der Waals surface area contributed by atoms with Crippen molar-refractivity contribution in [2.24, 2.45) is 0 Å². The minimum Gasteiger partial charge on any atom is -0.477 e. The lowest BCUT2D eigenvalue weighted by Gasteiger charge is -2.12. The number of halogens is 1. The van der Waals surface area contributed by atoms with E-state index >= 15 is 0 Å². The van der Waals surface area contributed by atoms with Crippen molar-refractivity contribution in [1.82, 2.24) is 19.1 Å². The summed E-state index contributed by atoms with van der Waals surface area (Å²) in [4.78, 5) is 20.8. The molecular formula is C22H25ClN4O3. The van der Waals surface area contributed by atoms with E-state index in [4.69, 9.17) is 11.6 Å². The van der Waals surface area contributed by atoms with E-state index in [1.807, 2.05) is 33.4 Å². The number of aryl methyl sites for hydroxylation is 2. The number of fused-ring (bicyclic) bond motifs is 1. The zero-order valence-electron chi connectivity index (χ0n) is 16.9. The number of aromatic carboxylic acids is 1. The molecule has 0 radical (unpaired) electrons. The van der Waals surface area contributed by atoms with Crippen LogP contribution in [0.25, 0.3) is 11.3 Å². The maximum absolute atomic E-state index is 11.8. The highest BCUT2D eigenvalue weighted by Gasteiger charge is 2.26. The first-order valence-electron chi connectivity index (χ1n) is 10.3. The summed E-state index contributed by atoms with van der Waals surface area (Å²) in [6.07, 6.45) is 4.60. The zero-order chi connectivity index (χ0) is 21.3. The number of benzene rings is 1. The molecule has 0 saturated heterocycles. The Morgan fingerprint density at radius 2 is 2.00 bits per heavy atom. The topological polar surface area (TPSA) is 93.2 Å². The number of aromatic nitrogens is 4. The van der Waals surface area contributed by atoms with E-state index in [9.17, 15) is 15.0 Å². The van der Waals surface area contributed by atoms with Gasteiger partial charge in [-0.3, -0.25) is 0 Å². The first-order valence-corrected chi connectivity index (χ1v) is 10.7. The van der Waals surface area contributed by atoms with Gasteiger partial charge in [-0.15, -0.1) is 0 Å². The fraction of sp³-hybridized carbons (Fsp3) is 0.409. The first-order chi connectivity index (χ1) is 14.5. The average molecular weight is 429 g/mol. The van der Waals surface area contributed by atoms with Crippen LogP contribution in [0.1, 0.15) is 59.6 Å². The van der Waals surface area contributed by atoms with Crippen LogP contribution < -0.4 is 0 Å². The van der Waals surface area contributed by atoms with Gasteiger partial charge in [0, 0.05) is 31.5 Å². The highest BCUT2D eigenvalue weighted by Crippen LogP contribution is 2.29. The molecule has 3 aromatic rings. The van der Waals surface area contributed by atoms with E-state index < -0.39 is 5.97 Å². The fourth-order valence-corrected chi connectivity index (χ4v) is 4.32. The Hall–Kier alpha value is -2.64. The lowest BCUT2D eigenvalue weighted by molar-refractivity contribution is 0.0686. The Morgan fingerprint density at radius 1 is 1.23 bits per heavy atom. The Morgan fingerprint density at radius 3 is 2.67 bits per heavy atom. The van der Waals surface area contributed by atoms with Gasteiger partial charge in [-0.1, -0.05) is 49.2 Å². The van der Waals surface area contributed by atoms with Crippen molar-refractivity contribution < 1.29 is 15.0 Å². The van der Waals surface area contributed by atoms with E-state index in [0.29, 0.717) is 29.6 Å². The number of unbranched alkanes of at least 4 members (excludes halogenated alkanes) is 1. The molecule has 0 aliphatic carbocycles. The Balaban J connectivity index is 1.63. The molecule has 2 aromatic heterocycles. The summed E-state index contributed by atoms with van der Waals surface area (Å²) in [6, 6.07) is 7.74. The molecule has 0 unspecified atom stereocenters. The van der Waals surface area contributed by atoms with Gasteiger partial charge in [0.15, 0.2) is 10.8 Å². The smallest absolute Gasteiger partial charge is 0.354 e. The van der Waals surface area contributed by atoms with Gasteiger partial charge in [0.05, 0.1) is 12.3 Å². The van der Waals surface area contributed by atoms with Gasteiger partial charge in [0.25, 0.3) is 0 Å². The summed E-state index contributed by atoms with van der Waals surface area (Å²) in [6.45, 7) is 3.20. The van der Waals surface area contributed by atoms with Crippen LogP contribution in [0.3, 0.4) is 0 Å². The number of carbonyl (C=O) groups is 1. The van der Waals surface area contributed by atoms with E-state index in [1.165, 1.54) is 0 Å². The van der Waals surface area contributed by atoms with Gasteiger partial charge in [-0.2, -0.15) is 0 Å². The van der Waals surface area contributed by atoms with E-state index in [2.05, 4.69) is 16.9 Å². The van der Waals surface area contributed by atoms with Crippen LogP contribution in [0.15, 0.2) is 24.3 Å². The molecule has 0 fully saturated rings. The molecule has 0 amide bonds. The SMILES string of the molecule is CCCCc1nc(Cl)c(CO)n1Cc1ccc(-c2nc3n(c2C(=O)O)CCC3)cc1. The molecular weight excluding hydrogens is 404 g/mol. The van der Waals surface area contributed by atoms with Gasteiger partial charge in [0.1, 0.15) is 17.3 Å². The molecule has 0 saturated carbocycles. The summed E-state index contributed by atoms with van der Waals surface area (Å²) >= 11 is 6.23. The molecule has 0 bridgehead atoms. The van der Waals surface area contributed by atoms with Gasteiger partial charge in [-0.25, -0.2) is 14.8 Å². The number of rotatable bonds is 8. The second kappa shape index (κ2) is 8.62. The van der Waals surface area contributed by atoms with Crippen LogP contribution in [-0.2, 0) is 32.5 Å². The molecule has 0 spiro atoms. The lowest BCUT2D eigenvalue weighted by Crippen LogP contribution is -2.09. The highest BCUT2D eigenvalue weighted by molar-refractivity contribution is 6.30. The first kappa shape index (κ1) is 20.6. The molecule has 7 nitrogen and oxygen atoms in total. The third-order valence-corrected chi connectivity index (χ3v) is 5.91. The quantitative estimate of drug-likeness (QED) is 0.567. The zero-order valence-corrected chi connectivity index (χ0v) is 17.7. The normalized spacial score (nSPS) is 13.0. The predicted molar refractivity (Wildman–Crippen MR) is 114 cm³/mol. The largest absolute Gasteiger partial charge is 0.477 e. The molecule has 30 heavy (non-hydrogen) atoms. The molecule has 0 atom stereocenters. The third-order valence-electron chi connectivity index (χ3n) is 5.61. The molecule has 1 aliphatic heterocycles. The van der Waals surface area contributed by atoms with Crippen LogP contribution in [0.2, 0.25) is 5.15 Å². The maximum Gasteiger partial charge on any atom is 0.354 e. The van der Waals surface area contributed by atoms with Gasteiger partial charge in [-0.05, 0) is 18.4 Å². The Bertz CT molecular complexity index is 1070. The monoisotopic (exact) mass is 428 g/mol. The van der Waals surface area contributed by atoms with Gasteiger partial charge in [0.2, 0.25) is 0 Å². The Labute approximate surface area is 180 Å². The van der Waals surface area contributed by atoms with Crippen molar-refractivity contribution >= 4 is 17.6 Å². The van der Waals surface area contributed by atoms with E-state index in [1.54, 1.807) is 0 Å². The predicted octanol–water partition coefficient (Wildman–Crippen LogP) is 3.93. The van der Waals surface area contributed by atoms with Crippen molar-refractivity contribution in [3.63, 3.8) is 0 Å². The van der Waals surface area contributed by atoms with Crippen molar-refractivity contribution in [3.05, 3.63) is 58.0 Å². The van der Waals surface area contributed by atoms with Gasteiger partial charge < -0.3 is 19.3 Å². The average Bonchev–Trinajstić information content (AvgIpc) is 3.39. The fourth-order valence-electron chi connectivity index (χ4n) is 4.06. The van der Waals surface area contributed by atoms with Crippen LogP contribution in [0, 0.1) is 0 Å². The number of hydrogen-bond donors (Lipinski definition) is 2. The van der Waals surface area contributed by atoms with Gasteiger partial charge >= 0.3 is 5.97 Å². The summed E-state index contributed by atoms with van der Waals surface area (Å²) in [7, 11) is 0. The van der Waals surface area contributed by atoms with Crippen LogP contribution in [0.5, 0.6) is 0 Å². The van der Waals surface area contributed by atoms with Crippen LogP contribution in [-0.4, -0.2) is 35.3 Å². The lowest BCUT2D eigenvalue weighted by atomic mass is 10.1. The summed E-state index contributed by atoms with van der Waals surface area (Å²) in [5.41, 5.74) is 3.21. The number of aliphatic hydroxyl groups excluding tert-OH is 1. The van der Waals surface area contributed by atoms with Crippen LogP contribution in [0.4, 0.5) is 0 Å². The number of imidazole rings is 2. The molecule has 158 valence electrons. The molecule has 2 N–H and O–H groups in total. The summed E-state index contributed by atoms with van der Waals surface area (Å²) in [5.74, 6) is 0.761. The minimum absolute atomic E-state index is 0.168. The molecule has 4 rings (SSSR count). The van der Waals surface area contributed by atoms with Crippen molar-refractivity contribution in [1.29, 1.82) is 0 Å². The molecule has 1 aliphatic rings. The van der Waals surface area contributed by atoms with Crippen molar-refractivity contribution in [2.45, 2.75) is 58.7 Å². The standard InChI is InChI=1S/C22H25ClN4O3/c1-2-3-5-18-25-21(23)16(13-28)27(18)12-14-7-9-15(10-8-14)19-20(22(29)30)26-11-4-6-17(26)24-19/h7-10,28H,2-6,11-13H2,1H3,(H,29,30). The number of hydrogen-bond acceptors (Lipinski definition) is 4. The third kappa shape index (κ3) is 3.75. The Kier molecular flexibility index (Phi) is 5.92. The highest BCUT2D eigenvalue weighted by atomic mass is 35.5. The number of carboxylic acid groups (broad SMARTS) is 1. The van der Waals surface area contributed by atoms with E-state index in [0.717, 1.165) is 54.9 Å². The van der Waals surface area contributed by atoms with E-state index in [-0.39, 0.29) is 12.3 Å². The minimum atomic E-state index is -0.948. The second-order valence-corrected chi connectivity index (χ2v) is 7.95. The maximum atomic E-state index is 11.8. The molecule has 3 heterocycles. The van der Waals surface area contributed by atoms with Crippen molar-refractivity contribution in [3.8, 4) is 11.3 Å². The number of nitrogens with zero attached hydrogens (tertiary/aromatic N) is 4. The second-order valence-electron chi connectivity index (χ2n) is 7.60.